The minimum Gasteiger partial charge on any atom is -0.468 e. The van der Waals surface area contributed by atoms with Gasteiger partial charge in [0.2, 0.25) is 0 Å². The number of pyridine rings is 1. The summed E-state index contributed by atoms with van der Waals surface area (Å²) >= 11 is 0. The van der Waals surface area contributed by atoms with Crippen molar-refractivity contribution in [1.29, 1.82) is 0 Å². The lowest BCUT2D eigenvalue weighted by atomic mass is 10.2. The van der Waals surface area contributed by atoms with Gasteiger partial charge >= 0.3 is 0 Å². The predicted molar refractivity (Wildman–Crippen MR) is 62.8 cm³/mol. The van der Waals surface area contributed by atoms with Crippen LogP contribution in [-0.4, -0.2) is 11.5 Å². The molecule has 0 spiro atoms. The lowest BCUT2D eigenvalue weighted by Gasteiger charge is -2.02. The average molecular weight is 217 g/mol. The normalized spacial score (nSPS) is 10.5. The van der Waals surface area contributed by atoms with Crippen LogP contribution in [0.5, 0.6) is 0 Å². The van der Waals surface area contributed by atoms with Gasteiger partial charge in [0.1, 0.15) is 5.76 Å². The Morgan fingerprint density at radius 2 is 2.25 bits per heavy atom. The second-order valence-corrected chi connectivity index (χ2v) is 3.59. The number of nitrogen functional groups attached to an aromatic ring is 1. The first-order chi connectivity index (χ1) is 7.84. The summed E-state index contributed by atoms with van der Waals surface area (Å²) in [6, 6.07) is 7.66. The quantitative estimate of drug-likeness (QED) is 0.746. The van der Waals surface area contributed by atoms with Crippen LogP contribution in [0.4, 0.5) is 5.69 Å². The van der Waals surface area contributed by atoms with E-state index in [1.54, 1.807) is 12.5 Å². The molecule has 0 amide bonds. The number of furan rings is 1. The number of rotatable bonds is 5. The van der Waals surface area contributed by atoms with Crippen molar-refractivity contribution >= 4 is 5.69 Å². The molecule has 4 heteroatoms. The molecule has 4 nitrogen and oxygen atoms in total. The zero-order valence-corrected chi connectivity index (χ0v) is 9.02. The predicted octanol–water partition coefficient (Wildman–Crippen LogP) is 1.59. The molecule has 16 heavy (non-hydrogen) atoms. The Labute approximate surface area is 94.5 Å². The third-order valence-corrected chi connectivity index (χ3v) is 2.28. The minimum absolute atomic E-state index is 0.701. The first-order valence-corrected chi connectivity index (χ1v) is 5.28. The summed E-state index contributed by atoms with van der Waals surface area (Å²) in [6.07, 6.45) is 4.25. The standard InChI is InChI=1S/C12H15N3O/c13-10-3-4-11(15-8-10)5-6-14-9-12-2-1-7-16-12/h1-4,7-8,14H,5-6,9,13H2. The maximum atomic E-state index is 5.56. The Bertz CT molecular complexity index is 408. The molecule has 0 radical (unpaired) electrons. The largest absolute Gasteiger partial charge is 0.468 e. The van der Waals surface area contributed by atoms with Crippen molar-refractivity contribution < 1.29 is 4.42 Å². The number of anilines is 1. The summed E-state index contributed by atoms with van der Waals surface area (Å²) in [5.41, 5.74) is 7.30. The Morgan fingerprint density at radius 3 is 2.94 bits per heavy atom. The van der Waals surface area contributed by atoms with E-state index in [1.165, 1.54) is 0 Å². The van der Waals surface area contributed by atoms with E-state index in [2.05, 4.69) is 10.3 Å². The molecule has 2 heterocycles. The smallest absolute Gasteiger partial charge is 0.117 e. The van der Waals surface area contributed by atoms with Crippen LogP contribution in [0.2, 0.25) is 0 Å². The highest BCUT2D eigenvalue weighted by Gasteiger charge is 1.96. The van der Waals surface area contributed by atoms with E-state index >= 15 is 0 Å². The van der Waals surface area contributed by atoms with E-state index in [1.807, 2.05) is 24.3 Å². The molecule has 0 aliphatic carbocycles. The molecule has 0 fully saturated rings. The van der Waals surface area contributed by atoms with Gasteiger partial charge in [0, 0.05) is 18.7 Å². The van der Waals surface area contributed by atoms with Crippen LogP contribution in [-0.2, 0) is 13.0 Å². The maximum absolute atomic E-state index is 5.56. The molecule has 2 rings (SSSR count). The maximum Gasteiger partial charge on any atom is 0.117 e. The average Bonchev–Trinajstić information content (AvgIpc) is 2.80. The second kappa shape index (κ2) is 5.32. The third-order valence-electron chi connectivity index (χ3n) is 2.28. The van der Waals surface area contributed by atoms with Crippen LogP contribution in [0.25, 0.3) is 0 Å². The van der Waals surface area contributed by atoms with Gasteiger partial charge in [0.25, 0.3) is 0 Å². The molecule has 0 aliphatic heterocycles. The van der Waals surface area contributed by atoms with Gasteiger partial charge < -0.3 is 15.5 Å². The third kappa shape index (κ3) is 3.10. The van der Waals surface area contributed by atoms with Gasteiger partial charge in [-0.3, -0.25) is 4.98 Å². The Balaban J connectivity index is 1.70. The SMILES string of the molecule is Nc1ccc(CCNCc2ccco2)nc1. The summed E-state index contributed by atoms with van der Waals surface area (Å²) in [5.74, 6) is 0.949. The molecular weight excluding hydrogens is 202 g/mol. The molecule has 84 valence electrons. The van der Waals surface area contributed by atoms with Crippen molar-refractivity contribution in [3.05, 3.63) is 48.2 Å². The van der Waals surface area contributed by atoms with Crippen LogP contribution in [0.15, 0.2) is 41.1 Å². The second-order valence-electron chi connectivity index (χ2n) is 3.59. The van der Waals surface area contributed by atoms with Gasteiger partial charge in [-0.15, -0.1) is 0 Å². The number of hydrogen-bond acceptors (Lipinski definition) is 4. The van der Waals surface area contributed by atoms with Crippen molar-refractivity contribution in [2.75, 3.05) is 12.3 Å². The van der Waals surface area contributed by atoms with E-state index in [-0.39, 0.29) is 0 Å². The van der Waals surface area contributed by atoms with Crippen molar-refractivity contribution in [3.8, 4) is 0 Å². The zero-order chi connectivity index (χ0) is 11.2. The lowest BCUT2D eigenvalue weighted by Crippen LogP contribution is -2.16. The first-order valence-electron chi connectivity index (χ1n) is 5.28. The molecule has 0 bridgehead atoms. The van der Waals surface area contributed by atoms with Crippen molar-refractivity contribution in [2.24, 2.45) is 0 Å². The number of hydrogen-bond donors (Lipinski definition) is 2. The van der Waals surface area contributed by atoms with Gasteiger partial charge in [-0.05, 0) is 24.3 Å². The van der Waals surface area contributed by atoms with Gasteiger partial charge in [-0.25, -0.2) is 0 Å². The highest BCUT2D eigenvalue weighted by atomic mass is 16.3. The van der Waals surface area contributed by atoms with Gasteiger partial charge in [-0.2, -0.15) is 0 Å². The summed E-state index contributed by atoms with van der Waals surface area (Å²) < 4.78 is 5.21. The van der Waals surface area contributed by atoms with E-state index in [0.717, 1.165) is 31.0 Å². The van der Waals surface area contributed by atoms with Gasteiger partial charge in [0.15, 0.2) is 0 Å². The molecule has 0 unspecified atom stereocenters. The van der Waals surface area contributed by atoms with E-state index in [0.29, 0.717) is 5.69 Å². The molecule has 3 N–H and O–H groups in total. The molecule has 2 aromatic rings. The summed E-state index contributed by atoms with van der Waals surface area (Å²) in [7, 11) is 0. The van der Waals surface area contributed by atoms with E-state index in [4.69, 9.17) is 10.2 Å². The Kier molecular flexibility index (Phi) is 3.56. The number of nitrogens with zero attached hydrogens (tertiary/aromatic N) is 1. The van der Waals surface area contributed by atoms with Crippen LogP contribution >= 0.6 is 0 Å². The molecule has 0 atom stereocenters. The molecule has 0 aliphatic rings. The van der Waals surface area contributed by atoms with Crippen LogP contribution in [0.3, 0.4) is 0 Å². The fraction of sp³-hybridized carbons (Fsp3) is 0.250. The molecule has 0 saturated carbocycles. The first kappa shape index (κ1) is 10.7. The fourth-order valence-electron chi connectivity index (χ4n) is 1.43. The summed E-state index contributed by atoms with van der Waals surface area (Å²) in [4.78, 5) is 4.22. The fourth-order valence-corrected chi connectivity index (χ4v) is 1.43. The number of nitrogens with one attached hydrogen (secondary N) is 1. The molecule has 0 saturated heterocycles. The number of nitrogens with two attached hydrogens (primary N) is 1. The molecule has 0 aromatic carbocycles. The van der Waals surface area contributed by atoms with Crippen molar-refractivity contribution in [2.45, 2.75) is 13.0 Å². The Hall–Kier alpha value is -1.81. The van der Waals surface area contributed by atoms with Crippen molar-refractivity contribution in [1.82, 2.24) is 10.3 Å². The summed E-state index contributed by atoms with van der Waals surface area (Å²) in [5, 5.41) is 3.29. The van der Waals surface area contributed by atoms with Gasteiger partial charge in [-0.1, -0.05) is 0 Å². The Morgan fingerprint density at radius 1 is 1.31 bits per heavy atom. The monoisotopic (exact) mass is 217 g/mol. The highest BCUT2D eigenvalue weighted by molar-refractivity contribution is 5.34. The van der Waals surface area contributed by atoms with Crippen molar-refractivity contribution in [3.63, 3.8) is 0 Å². The van der Waals surface area contributed by atoms with Crippen LogP contribution in [0.1, 0.15) is 11.5 Å². The molecular formula is C12H15N3O. The van der Waals surface area contributed by atoms with Gasteiger partial charge in [0.05, 0.1) is 24.7 Å². The zero-order valence-electron chi connectivity index (χ0n) is 9.02. The van der Waals surface area contributed by atoms with E-state index < -0.39 is 0 Å². The van der Waals surface area contributed by atoms with E-state index in [9.17, 15) is 0 Å². The number of aromatic nitrogens is 1. The lowest BCUT2D eigenvalue weighted by molar-refractivity contribution is 0.484. The minimum atomic E-state index is 0.701. The van der Waals surface area contributed by atoms with Crippen LogP contribution < -0.4 is 11.1 Å². The van der Waals surface area contributed by atoms with Crippen LogP contribution in [0, 0.1) is 0 Å². The highest BCUT2D eigenvalue weighted by Crippen LogP contribution is 2.02. The summed E-state index contributed by atoms with van der Waals surface area (Å²) in [6.45, 7) is 1.62. The molecule has 2 aromatic heterocycles. The topological polar surface area (TPSA) is 64.1 Å².